The summed E-state index contributed by atoms with van der Waals surface area (Å²) < 4.78 is 7.83. The molecule has 0 radical (unpaired) electrons. The molecule has 1 aromatic heterocycles. The molecule has 0 aliphatic rings. The van der Waals surface area contributed by atoms with Gasteiger partial charge in [-0.15, -0.1) is 0 Å². The van der Waals surface area contributed by atoms with E-state index in [1.165, 1.54) is 0 Å². The molecule has 5 heteroatoms. The fraction of sp³-hybridized carbons (Fsp3) is 0.714. The van der Waals surface area contributed by atoms with Crippen molar-refractivity contribution in [2.24, 2.45) is 5.92 Å². The molecule has 1 rings (SSSR count). The average Bonchev–Trinajstić information content (AvgIpc) is 2.66. The van der Waals surface area contributed by atoms with Crippen molar-refractivity contribution >= 4 is 14.4 Å². The van der Waals surface area contributed by atoms with Gasteiger partial charge in [-0.1, -0.05) is 33.5 Å². The van der Waals surface area contributed by atoms with Crippen molar-refractivity contribution < 1.29 is 9.53 Å². The number of ether oxygens (including phenoxy) is 1. The van der Waals surface area contributed by atoms with Crippen LogP contribution >= 0.6 is 0 Å². The Morgan fingerprint density at radius 3 is 2.47 bits per heavy atom. The Labute approximate surface area is 117 Å². The lowest BCUT2D eigenvalue weighted by molar-refractivity contribution is 0.0529. The minimum Gasteiger partial charge on any atom is -0.361 e. The first kappa shape index (κ1) is 16.1. The smallest absolute Gasteiger partial charge is 0.168 e. The number of carbonyl (C=O) groups excluding carboxylic acids is 1. The van der Waals surface area contributed by atoms with Gasteiger partial charge >= 0.3 is 0 Å². The summed E-state index contributed by atoms with van der Waals surface area (Å²) in [6.07, 6.45) is 3.34. The van der Waals surface area contributed by atoms with Crippen LogP contribution in [0.25, 0.3) is 0 Å². The first-order valence-corrected chi connectivity index (χ1v) is 10.4. The second-order valence-electron chi connectivity index (χ2n) is 6.55. The van der Waals surface area contributed by atoms with E-state index >= 15 is 0 Å². The monoisotopic (exact) mass is 282 g/mol. The van der Waals surface area contributed by atoms with Crippen molar-refractivity contribution in [3.8, 4) is 0 Å². The number of hydrogen-bond acceptors (Lipinski definition) is 3. The number of hydrogen-bond donors (Lipinski definition) is 0. The number of rotatable bonds is 7. The van der Waals surface area contributed by atoms with Crippen molar-refractivity contribution in [1.82, 2.24) is 9.55 Å². The quantitative estimate of drug-likeness (QED) is 0.570. The SMILES string of the molecule is CC(C)Cc1ncc(C=O)n1COC(C)[Si](C)(C)C. The molecule has 1 aromatic rings. The molecule has 19 heavy (non-hydrogen) atoms. The molecule has 0 spiro atoms. The van der Waals surface area contributed by atoms with Crippen LogP contribution in [0.2, 0.25) is 19.6 Å². The lowest BCUT2D eigenvalue weighted by Crippen LogP contribution is -2.38. The van der Waals surface area contributed by atoms with Gasteiger partial charge in [0.05, 0.1) is 14.3 Å². The number of nitrogens with zero attached hydrogens (tertiary/aromatic N) is 2. The highest BCUT2D eigenvalue weighted by Crippen LogP contribution is 2.14. The lowest BCUT2D eigenvalue weighted by atomic mass is 10.1. The summed E-state index contributed by atoms with van der Waals surface area (Å²) in [5.41, 5.74) is 0.847. The molecular formula is C14H26N2O2Si. The van der Waals surface area contributed by atoms with E-state index in [0.717, 1.165) is 18.5 Å². The zero-order chi connectivity index (χ0) is 14.6. The molecular weight excluding hydrogens is 256 g/mol. The number of aldehydes is 1. The van der Waals surface area contributed by atoms with Crippen LogP contribution in [0.15, 0.2) is 6.20 Å². The normalized spacial score (nSPS) is 13.8. The van der Waals surface area contributed by atoms with Gasteiger partial charge in [-0.2, -0.15) is 0 Å². The molecule has 1 heterocycles. The van der Waals surface area contributed by atoms with Gasteiger partial charge in [0.1, 0.15) is 18.2 Å². The first-order valence-electron chi connectivity index (χ1n) is 6.87. The number of imidazole rings is 1. The summed E-state index contributed by atoms with van der Waals surface area (Å²) in [6, 6.07) is 0. The average molecular weight is 282 g/mol. The molecule has 0 saturated carbocycles. The topological polar surface area (TPSA) is 44.1 Å². The lowest BCUT2D eigenvalue weighted by Gasteiger charge is -2.26. The van der Waals surface area contributed by atoms with Gasteiger partial charge in [0, 0.05) is 12.1 Å². The Morgan fingerprint density at radius 1 is 1.37 bits per heavy atom. The maximum atomic E-state index is 11.1. The van der Waals surface area contributed by atoms with Crippen molar-refractivity contribution in [3.05, 3.63) is 17.7 Å². The van der Waals surface area contributed by atoms with E-state index in [9.17, 15) is 4.79 Å². The molecule has 0 amide bonds. The standard InChI is InChI=1S/C14H26N2O2Si/c1-11(2)7-14-15-8-13(9-17)16(14)10-18-12(3)19(4,5)6/h8-9,11-12H,7,10H2,1-6H3. The molecule has 0 bridgehead atoms. The molecule has 0 N–H and O–H groups in total. The van der Waals surface area contributed by atoms with Gasteiger partial charge in [0.15, 0.2) is 6.29 Å². The summed E-state index contributed by atoms with van der Waals surface area (Å²) in [7, 11) is -1.32. The van der Waals surface area contributed by atoms with Crippen LogP contribution in [-0.4, -0.2) is 29.6 Å². The van der Waals surface area contributed by atoms with Crippen LogP contribution in [0.4, 0.5) is 0 Å². The fourth-order valence-corrected chi connectivity index (χ4v) is 2.21. The van der Waals surface area contributed by atoms with Crippen LogP contribution in [0.1, 0.15) is 37.1 Å². The third-order valence-electron chi connectivity index (χ3n) is 3.35. The van der Waals surface area contributed by atoms with E-state index in [0.29, 0.717) is 18.3 Å². The van der Waals surface area contributed by atoms with E-state index in [1.54, 1.807) is 6.20 Å². The van der Waals surface area contributed by atoms with Crippen LogP contribution < -0.4 is 0 Å². The molecule has 1 unspecified atom stereocenters. The minimum absolute atomic E-state index is 0.251. The van der Waals surface area contributed by atoms with E-state index in [1.807, 2.05) is 4.57 Å². The summed E-state index contributed by atoms with van der Waals surface area (Å²) in [4.78, 5) is 15.4. The summed E-state index contributed by atoms with van der Waals surface area (Å²) in [5, 5.41) is 0. The van der Waals surface area contributed by atoms with Crippen molar-refractivity contribution in [1.29, 1.82) is 0 Å². The zero-order valence-corrected chi connectivity index (χ0v) is 13.9. The van der Waals surface area contributed by atoms with Crippen LogP contribution in [0.3, 0.4) is 0 Å². The maximum absolute atomic E-state index is 11.1. The largest absolute Gasteiger partial charge is 0.361 e. The van der Waals surface area contributed by atoms with Crippen LogP contribution in [0, 0.1) is 5.92 Å². The maximum Gasteiger partial charge on any atom is 0.168 e. The Hall–Kier alpha value is -0.943. The second kappa shape index (κ2) is 6.48. The Balaban J connectivity index is 2.81. The van der Waals surface area contributed by atoms with Gasteiger partial charge in [-0.25, -0.2) is 4.98 Å². The Bertz CT molecular complexity index is 422. The van der Waals surface area contributed by atoms with Crippen LogP contribution in [-0.2, 0) is 17.9 Å². The predicted molar refractivity (Wildman–Crippen MR) is 80.0 cm³/mol. The highest BCUT2D eigenvalue weighted by molar-refractivity contribution is 6.77. The Morgan fingerprint density at radius 2 is 2.00 bits per heavy atom. The van der Waals surface area contributed by atoms with Gasteiger partial charge in [-0.3, -0.25) is 4.79 Å². The predicted octanol–water partition coefficient (Wildman–Crippen LogP) is 3.13. The van der Waals surface area contributed by atoms with Gasteiger partial charge < -0.3 is 9.30 Å². The van der Waals surface area contributed by atoms with Crippen molar-refractivity contribution in [3.63, 3.8) is 0 Å². The minimum atomic E-state index is -1.32. The van der Waals surface area contributed by atoms with E-state index in [2.05, 4.69) is 45.4 Å². The highest BCUT2D eigenvalue weighted by atomic mass is 28.3. The van der Waals surface area contributed by atoms with E-state index < -0.39 is 8.07 Å². The van der Waals surface area contributed by atoms with Crippen molar-refractivity contribution in [2.45, 2.75) is 59.3 Å². The molecule has 4 nitrogen and oxygen atoms in total. The number of carbonyl (C=O) groups is 1. The fourth-order valence-electron chi connectivity index (χ4n) is 1.64. The summed E-state index contributed by atoms with van der Waals surface area (Å²) in [6.45, 7) is 13.7. The summed E-state index contributed by atoms with van der Waals surface area (Å²) in [5.74, 6) is 1.44. The van der Waals surface area contributed by atoms with E-state index in [-0.39, 0.29) is 5.73 Å². The van der Waals surface area contributed by atoms with Gasteiger partial charge in [0.25, 0.3) is 0 Å². The highest BCUT2D eigenvalue weighted by Gasteiger charge is 2.23. The molecule has 0 fully saturated rings. The van der Waals surface area contributed by atoms with Crippen LogP contribution in [0.5, 0.6) is 0 Å². The zero-order valence-electron chi connectivity index (χ0n) is 12.9. The first-order chi connectivity index (χ1) is 8.75. The molecule has 0 aliphatic heterocycles. The van der Waals surface area contributed by atoms with Crippen molar-refractivity contribution in [2.75, 3.05) is 0 Å². The Kier molecular flexibility index (Phi) is 5.49. The molecule has 108 valence electrons. The molecule has 0 aliphatic carbocycles. The molecule has 0 saturated heterocycles. The van der Waals surface area contributed by atoms with Gasteiger partial charge in [0.2, 0.25) is 0 Å². The summed E-state index contributed by atoms with van der Waals surface area (Å²) >= 11 is 0. The molecule has 0 aromatic carbocycles. The molecule has 1 atom stereocenters. The second-order valence-corrected chi connectivity index (χ2v) is 12.1. The number of aromatic nitrogens is 2. The van der Waals surface area contributed by atoms with Gasteiger partial charge in [-0.05, 0) is 12.8 Å². The third-order valence-corrected chi connectivity index (χ3v) is 5.96. The third kappa shape index (κ3) is 4.58. The van der Waals surface area contributed by atoms with E-state index in [4.69, 9.17) is 4.74 Å².